The van der Waals surface area contributed by atoms with Crippen LogP contribution in [0.4, 0.5) is 0 Å². The summed E-state index contributed by atoms with van der Waals surface area (Å²) >= 11 is 5.00. The van der Waals surface area contributed by atoms with Gasteiger partial charge in [0.2, 0.25) is 0 Å². The van der Waals surface area contributed by atoms with Gasteiger partial charge in [-0.15, -0.1) is 0 Å². The van der Waals surface area contributed by atoms with E-state index < -0.39 is 0 Å². The molecule has 0 aliphatic carbocycles. The molecule has 2 N–H and O–H groups in total. The van der Waals surface area contributed by atoms with Gasteiger partial charge in [0.05, 0.1) is 0 Å². The van der Waals surface area contributed by atoms with E-state index in [9.17, 15) is 0 Å². The molecule has 3 aromatic carbocycles. The van der Waals surface area contributed by atoms with Crippen molar-refractivity contribution in [2.45, 2.75) is 13.2 Å². The second-order valence-corrected chi connectivity index (χ2v) is 6.04. The first-order valence-electron chi connectivity index (χ1n) is 7.99. The Hall–Kier alpha value is -2.85. The first-order valence-corrected chi connectivity index (χ1v) is 8.40. The van der Waals surface area contributed by atoms with E-state index in [0.717, 1.165) is 28.2 Å². The zero-order chi connectivity index (χ0) is 17.5. The third kappa shape index (κ3) is 5.06. The lowest BCUT2D eigenvalue weighted by atomic mass is 10.1. The number of hydrogen-bond acceptors (Lipinski definition) is 3. The van der Waals surface area contributed by atoms with Crippen LogP contribution in [0.5, 0.6) is 11.5 Å². The maximum Gasteiger partial charge on any atom is 0.120 e. The molecule has 0 radical (unpaired) electrons. The highest BCUT2D eigenvalue weighted by Gasteiger charge is 2.01. The zero-order valence-electron chi connectivity index (χ0n) is 13.7. The van der Waals surface area contributed by atoms with E-state index in [0.29, 0.717) is 18.2 Å². The van der Waals surface area contributed by atoms with Crippen molar-refractivity contribution in [3.63, 3.8) is 0 Å². The van der Waals surface area contributed by atoms with Crippen molar-refractivity contribution in [3.05, 3.63) is 95.6 Å². The molecule has 0 bridgehead atoms. The Bertz CT molecular complexity index is 832. The lowest BCUT2D eigenvalue weighted by molar-refractivity contribution is 0.297. The van der Waals surface area contributed by atoms with Crippen molar-refractivity contribution in [1.29, 1.82) is 0 Å². The van der Waals surface area contributed by atoms with Crippen LogP contribution in [0.15, 0.2) is 78.9 Å². The fourth-order valence-electron chi connectivity index (χ4n) is 2.35. The smallest absolute Gasteiger partial charge is 0.120 e. The van der Waals surface area contributed by atoms with Crippen LogP contribution in [0.3, 0.4) is 0 Å². The maximum atomic E-state index is 5.80. The van der Waals surface area contributed by atoms with Crippen LogP contribution in [-0.2, 0) is 13.2 Å². The van der Waals surface area contributed by atoms with Gasteiger partial charge in [0.1, 0.15) is 29.7 Å². The fraction of sp³-hybridized carbons (Fsp3) is 0.0952. The largest absolute Gasteiger partial charge is 0.489 e. The molecule has 0 unspecified atom stereocenters. The predicted molar refractivity (Wildman–Crippen MR) is 104 cm³/mol. The van der Waals surface area contributed by atoms with Crippen LogP contribution < -0.4 is 15.2 Å². The molecular weight excluding hydrogens is 330 g/mol. The minimum absolute atomic E-state index is 0.391. The number of nitrogens with two attached hydrogens (primary N) is 1. The molecule has 3 rings (SSSR count). The molecule has 3 aromatic rings. The summed E-state index contributed by atoms with van der Waals surface area (Å²) in [6.45, 7) is 1.01. The number of ether oxygens (including phenoxy) is 2. The lowest BCUT2D eigenvalue weighted by Gasteiger charge is -2.09. The Morgan fingerprint density at radius 3 is 1.88 bits per heavy atom. The Morgan fingerprint density at radius 1 is 0.720 bits per heavy atom. The lowest BCUT2D eigenvalue weighted by Crippen LogP contribution is -2.09. The molecule has 0 saturated heterocycles. The quantitative estimate of drug-likeness (QED) is 0.639. The van der Waals surface area contributed by atoms with E-state index in [1.165, 1.54) is 0 Å². The third-order valence-electron chi connectivity index (χ3n) is 3.69. The normalized spacial score (nSPS) is 10.2. The summed E-state index contributed by atoms with van der Waals surface area (Å²) in [5.74, 6) is 1.60. The molecule has 0 aliphatic rings. The summed E-state index contributed by atoms with van der Waals surface area (Å²) in [7, 11) is 0. The van der Waals surface area contributed by atoms with Gasteiger partial charge in [-0.25, -0.2) is 0 Å². The Balaban J connectivity index is 1.54. The maximum absolute atomic E-state index is 5.80. The molecule has 0 amide bonds. The highest BCUT2D eigenvalue weighted by molar-refractivity contribution is 7.80. The van der Waals surface area contributed by atoms with E-state index in [1.807, 2.05) is 78.9 Å². The van der Waals surface area contributed by atoms with E-state index in [2.05, 4.69) is 0 Å². The second kappa shape index (κ2) is 8.31. The van der Waals surface area contributed by atoms with Crippen molar-refractivity contribution < 1.29 is 9.47 Å². The van der Waals surface area contributed by atoms with Crippen LogP contribution in [0.1, 0.15) is 16.7 Å². The molecule has 0 heterocycles. The van der Waals surface area contributed by atoms with E-state index in [-0.39, 0.29) is 0 Å². The number of thiocarbonyl (C=S) groups is 1. The highest BCUT2D eigenvalue weighted by atomic mass is 32.1. The van der Waals surface area contributed by atoms with Crippen molar-refractivity contribution >= 4 is 17.2 Å². The predicted octanol–water partition coefficient (Wildman–Crippen LogP) is 4.48. The molecule has 3 nitrogen and oxygen atoms in total. The van der Waals surface area contributed by atoms with Crippen molar-refractivity contribution in [3.8, 4) is 11.5 Å². The number of rotatable bonds is 7. The van der Waals surface area contributed by atoms with Crippen LogP contribution in [-0.4, -0.2) is 4.99 Å². The zero-order valence-corrected chi connectivity index (χ0v) is 14.5. The standard InChI is InChI=1S/C21H19NO2S/c22-21(25)18-8-4-7-17(13-18)15-24-20-11-9-19(10-12-20)23-14-16-5-2-1-3-6-16/h1-13H,14-15H2,(H2,22,25). The van der Waals surface area contributed by atoms with Crippen LogP contribution in [0.25, 0.3) is 0 Å². The summed E-state index contributed by atoms with van der Waals surface area (Å²) in [5.41, 5.74) is 8.66. The summed E-state index contributed by atoms with van der Waals surface area (Å²) in [6.07, 6.45) is 0. The third-order valence-corrected chi connectivity index (χ3v) is 3.92. The topological polar surface area (TPSA) is 44.5 Å². The molecule has 0 spiro atoms. The fourth-order valence-corrected chi connectivity index (χ4v) is 2.48. The van der Waals surface area contributed by atoms with Gasteiger partial charge >= 0.3 is 0 Å². The van der Waals surface area contributed by atoms with Gasteiger partial charge in [0, 0.05) is 5.56 Å². The van der Waals surface area contributed by atoms with E-state index in [4.69, 9.17) is 27.4 Å². The molecule has 126 valence electrons. The van der Waals surface area contributed by atoms with Gasteiger partial charge in [0.25, 0.3) is 0 Å². The molecular formula is C21H19NO2S. The molecule has 4 heteroatoms. The Labute approximate surface area is 153 Å². The molecule has 0 fully saturated rings. The Morgan fingerprint density at radius 2 is 1.28 bits per heavy atom. The summed E-state index contributed by atoms with van der Waals surface area (Å²) in [4.78, 5) is 0.391. The van der Waals surface area contributed by atoms with Crippen molar-refractivity contribution in [1.82, 2.24) is 0 Å². The molecule has 0 aliphatic heterocycles. The van der Waals surface area contributed by atoms with Gasteiger partial charge in [-0.1, -0.05) is 60.7 Å². The first kappa shape index (κ1) is 17.0. The molecule has 0 saturated carbocycles. The van der Waals surface area contributed by atoms with Crippen molar-refractivity contribution in [2.75, 3.05) is 0 Å². The van der Waals surface area contributed by atoms with Gasteiger partial charge in [-0.05, 0) is 41.5 Å². The number of hydrogen-bond donors (Lipinski definition) is 1. The summed E-state index contributed by atoms with van der Waals surface area (Å²) < 4.78 is 11.6. The second-order valence-electron chi connectivity index (χ2n) is 5.60. The van der Waals surface area contributed by atoms with Crippen LogP contribution in [0, 0.1) is 0 Å². The Kier molecular flexibility index (Phi) is 5.65. The first-order chi connectivity index (χ1) is 12.2. The minimum atomic E-state index is 0.391. The van der Waals surface area contributed by atoms with E-state index >= 15 is 0 Å². The van der Waals surface area contributed by atoms with Crippen molar-refractivity contribution in [2.24, 2.45) is 5.73 Å². The van der Waals surface area contributed by atoms with Gasteiger partial charge < -0.3 is 15.2 Å². The minimum Gasteiger partial charge on any atom is -0.489 e. The summed E-state index contributed by atoms with van der Waals surface area (Å²) in [5, 5.41) is 0. The molecule has 25 heavy (non-hydrogen) atoms. The average Bonchev–Trinajstić information content (AvgIpc) is 2.66. The summed E-state index contributed by atoms with van der Waals surface area (Å²) in [6, 6.07) is 25.4. The van der Waals surface area contributed by atoms with Crippen LogP contribution in [0.2, 0.25) is 0 Å². The molecule has 0 atom stereocenters. The average molecular weight is 349 g/mol. The molecule has 0 aromatic heterocycles. The van der Waals surface area contributed by atoms with Gasteiger partial charge in [-0.2, -0.15) is 0 Å². The van der Waals surface area contributed by atoms with E-state index in [1.54, 1.807) is 0 Å². The van der Waals surface area contributed by atoms with Crippen LogP contribution >= 0.6 is 12.2 Å². The van der Waals surface area contributed by atoms with Gasteiger partial charge in [0.15, 0.2) is 0 Å². The van der Waals surface area contributed by atoms with Gasteiger partial charge in [-0.3, -0.25) is 0 Å². The number of benzene rings is 3. The SMILES string of the molecule is NC(=S)c1cccc(COc2ccc(OCc3ccccc3)cc2)c1. The highest BCUT2D eigenvalue weighted by Crippen LogP contribution is 2.20. The monoisotopic (exact) mass is 349 g/mol.